The third kappa shape index (κ3) is 3.31. The van der Waals surface area contributed by atoms with Crippen LogP contribution >= 0.6 is 11.6 Å². The Kier molecular flexibility index (Phi) is 4.54. The average molecular weight is 282 g/mol. The van der Waals surface area contributed by atoms with E-state index in [9.17, 15) is 5.11 Å². The van der Waals surface area contributed by atoms with Crippen molar-refractivity contribution in [2.24, 2.45) is 0 Å². The lowest BCUT2D eigenvalue weighted by Gasteiger charge is -2.29. The van der Waals surface area contributed by atoms with Crippen LogP contribution in [0.25, 0.3) is 0 Å². The second kappa shape index (κ2) is 5.82. The van der Waals surface area contributed by atoms with Crippen LogP contribution in [0.3, 0.4) is 0 Å². The lowest BCUT2D eigenvalue weighted by Crippen LogP contribution is -2.33. The summed E-state index contributed by atoms with van der Waals surface area (Å²) in [6.07, 6.45) is 2.63. The highest BCUT2D eigenvalue weighted by Crippen LogP contribution is 2.35. The number of likely N-dealkylation sites (tertiary alicyclic amines) is 1. The molecule has 1 aromatic carbocycles. The van der Waals surface area contributed by atoms with E-state index in [1.807, 2.05) is 25.1 Å². The number of benzene rings is 1. The van der Waals surface area contributed by atoms with E-state index in [-0.39, 0.29) is 0 Å². The molecule has 1 N–H and O–H groups in total. The van der Waals surface area contributed by atoms with Gasteiger partial charge in [0.15, 0.2) is 0 Å². The van der Waals surface area contributed by atoms with Crippen molar-refractivity contribution in [2.75, 3.05) is 13.1 Å². The molecule has 1 atom stereocenters. The van der Waals surface area contributed by atoms with E-state index >= 15 is 0 Å². The smallest absolute Gasteiger partial charge is 0.0909 e. The number of aliphatic hydroxyl groups is 1. The van der Waals surface area contributed by atoms with Gasteiger partial charge in [0.2, 0.25) is 0 Å². The molecule has 1 unspecified atom stereocenters. The summed E-state index contributed by atoms with van der Waals surface area (Å²) in [7, 11) is 0. The molecule has 19 heavy (non-hydrogen) atoms. The molecule has 1 heterocycles. The highest BCUT2D eigenvalue weighted by molar-refractivity contribution is 6.31. The minimum absolute atomic E-state index is 0.545. The van der Waals surface area contributed by atoms with Crippen molar-refractivity contribution in [3.05, 3.63) is 34.3 Å². The number of aryl methyl sites for hydroxylation is 1. The van der Waals surface area contributed by atoms with Crippen LogP contribution in [-0.4, -0.2) is 29.1 Å². The monoisotopic (exact) mass is 281 g/mol. The van der Waals surface area contributed by atoms with Gasteiger partial charge in [-0.25, -0.2) is 0 Å². The van der Waals surface area contributed by atoms with Crippen molar-refractivity contribution in [2.45, 2.75) is 51.7 Å². The van der Waals surface area contributed by atoms with E-state index in [2.05, 4.69) is 18.7 Å². The Bertz CT molecular complexity index is 446. The van der Waals surface area contributed by atoms with Gasteiger partial charge in [0, 0.05) is 17.6 Å². The van der Waals surface area contributed by atoms with Crippen molar-refractivity contribution in [3.63, 3.8) is 0 Å². The molecule has 2 rings (SSSR count). The van der Waals surface area contributed by atoms with Crippen molar-refractivity contribution in [1.29, 1.82) is 0 Å². The first-order chi connectivity index (χ1) is 8.92. The second-order valence-electron chi connectivity index (χ2n) is 5.98. The fourth-order valence-electron chi connectivity index (χ4n) is 2.83. The molecular formula is C16H24ClNO. The summed E-state index contributed by atoms with van der Waals surface area (Å²) in [6, 6.07) is 6.50. The van der Waals surface area contributed by atoms with Crippen LogP contribution in [0.5, 0.6) is 0 Å². The van der Waals surface area contributed by atoms with Crippen molar-refractivity contribution < 1.29 is 5.11 Å². The van der Waals surface area contributed by atoms with Gasteiger partial charge in [-0.1, -0.05) is 23.7 Å². The number of halogens is 1. The Morgan fingerprint density at radius 1 is 1.26 bits per heavy atom. The molecule has 0 amide bonds. The minimum Gasteiger partial charge on any atom is -0.385 e. The van der Waals surface area contributed by atoms with Crippen molar-refractivity contribution in [3.8, 4) is 0 Å². The maximum atomic E-state index is 11.0. The number of hydrogen-bond acceptors (Lipinski definition) is 2. The lowest BCUT2D eigenvalue weighted by atomic mass is 9.86. The molecule has 1 aromatic rings. The van der Waals surface area contributed by atoms with Crippen LogP contribution in [0.1, 0.15) is 44.2 Å². The lowest BCUT2D eigenvalue weighted by molar-refractivity contribution is 0.0204. The highest BCUT2D eigenvalue weighted by Gasteiger charge is 2.32. The maximum absolute atomic E-state index is 11.0. The van der Waals surface area contributed by atoms with E-state index in [0.29, 0.717) is 6.04 Å². The first-order valence-electron chi connectivity index (χ1n) is 7.15. The molecule has 3 heteroatoms. The van der Waals surface area contributed by atoms with E-state index in [0.717, 1.165) is 48.5 Å². The maximum Gasteiger partial charge on any atom is 0.0909 e. The molecule has 0 bridgehead atoms. The Morgan fingerprint density at radius 2 is 2.00 bits per heavy atom. The molecular weight excluding hydrogens is 258 g/mol. The van der Waals surface area contributed by atoms with Crippen LogP contribution in [0, 0.1) is 6.92 Å². The topological polar surface area (TPSA) is 23.5 Å². The Hall–Kier alpha value is -0.570. The Morgan fingerprint density at radius 3 is 2.63 bits per heavy atom. The van der Waals surface area contributed by atoms with E-state index in [1.165, 1.54) is 0 Å². The van der Waals surface area contributed by atoms with Gasteiger partial charge in [-0.05, 0) is 63.8 Å². The van der Waals surface area contributed by atoms with Gasteiger partial charge in [-0.2, -0.15) is 0 Å². The zero-order valence-corrected chi connectivity index (χ0v) is 12.9. The van der Waals surface area contributed by atoms with Crippen LogP contribution in [0.2, 0.25) is 5.02 Å². The molecule has 0 aromatic heterocycles. The fraction of sp³-hybridized carbons (Fsp3) is 0.625. The summed E-state index contributed by atoms with van der Waals surface area (Å²) in [6.45, 7) is 8.43. The third-order valence-electron chi connectivity index (χ3n) is 4.29. The van der Waals surface area contributed by atoms with Gasteiger partial charge in [0.05, 0.1) is 5.60 Å². The zero-order valence-electron chi connectivity index (χ0n) is 12.1. The molecule has 0 radical (unpaired) electrons. The average Bonchev–Trinajstić information content (AvgIpc) is 2.56. The second-order valence-corrected chi connectivity index (χ2v) is 6.39. The number of hydrogen-bond donors (Lipinski definition) is 1. The Labute approximate surface area is 121 Å². The molecule has 0 spiro atoms. The molecule has 1 aliphatic heterocycles. The molecule has 1 fully saturated rings. The first kappa shape index (κ1) is 14.8. The van der Waals surface area contributed by atoms with Gasteiger partial charge < -0.3 is 10.0 Å². The zero-order chi connectivity index (χ0) is 14.0. The van der Waals surface area contributed by atoms with E-state index in [4.69, 9.17) is 11.6 Å². The fourth-order valence-corrected chi connectivity index (χ4v) is 3.01. The summed E-state index contributed by atoms with van der Waals surface area (Å²) in [5, 5.41) is 11.7. The minimum atomic E-state index is -0.721. The van der Waals surface area contributed by atoms with Crippen LogP contribution in [0.15, 0.2) is 18.2 Å². The molecule has 106 valence electrons. The SMILES string of the molecule is Cc1ccc(C2(O)CCCN(C(C)C)CC2)cc1Cl. The largest absolute Gasteiger partial charge is 0.385 e. The summed E-state index contributed by atoms with van der Waals surface area (Å²) in [4.78, 5) is 2.44. The quantitative estimate of drug-likeness (QED) is 0.893. The van der Waals surface area contributed by atoms with E-state index in [1.54, 1.807) is 0 Å². The summed E-state index contributed by atoms with van der Waals surface area (Å²) >= 11 is 6.19. The van der Waals surface area contributed by atoms with E-state index < -0.39 is 5.60 Å². The highest BCUT2D eigenvalue weighted by atomic mass is 35.5. The predicted molar refractivity (Wildman–Crippen MR) is 80.6 cm³/mol. The number of rotatable bonds is 2. The van der Waals surface area contributed by atoms with Crippen LogP contribution < -0.4 is 0 Å². The summed E-state index contributed by atoms with van der Waals surface area (Å²) < 4.78 is 0. The third-order valence-corrected chi connectivity index (χ3v) is 4.69. The standard InChI is InChI=1S/C16H24ClNO/c1-12(2)18-9-4-7-16(19,8-10-18)14-6-5-13(3)15(17)11-14/h5-6,11-12,19H,4,7-10H2,1-3H3. The van der Waals surface area contributed by atoms with Gasteiger partial charge >= 0.3 is 0 Å². The van der Waals surface area contributed by atoms with Gasteiger partial charge in [0.1, 0.15) is 0 Å². The first-order valence-corrected chi connectivity index (χ1v) is 7.53. The van der Waals surface area contributed by atoms with Gasteiger partial charge in [-0.15, -0.1) is 0 Å². The van der Waals surface area contributed by atoms with Crippen molar-refractivity contribution in [1.82, 2.24) is 4.90 Å². The molecule has 0 aliphatic carbocycles. The van der Waals surface area contributed by atoms with Crippen LogP contribution in [0.4, 0.5) is 0 Å². The summed E-state index contributed by atoms with van der Waals surface area (Å²) in [5.74, 6) is 0. The molecule has 1 aliphatic rings. The molecule has 2 nitrogen and oxygen atoms in total. The molecule has 0 saturated carbocycles. The van der Waals surface area contributed by atoms with Gasteiger partial charge in [-0.3, -0.25) is 0 Å². The van der Waals surface area contributed by atoms with Crippen LogP contribution in [-0.2, 0) is 5.60 Å². The number of nitrogens with zero attached hydrogens (tertiary/aromatic N) is 1. The Balaban J connectivity index is 2.20. The molecule has 1 saturated heterocycles. The normalized spacial score (nSPS) is 25.6. The summed E-state index contributed by atoms with van der Waals surface area (Å²) in [5.41, 5.74) is 1.31. The van der Waals surface area contributed by atoms with Crippen molar-refractivity contribution >= 4 is 11.6 Å². The predicted octanol–water partition coefficient (Wildman–Crippen LogP) is 3.73. The van der Waals surface area contributed by atoms with Gasteiger partial charge in [0.25, 0.3) is 0 Å².